The van der Waals surface area contributed by atoms with E-state index in [0.717, 1.165) is 31.8 Å². The summed E-state index contributed by atoms with van der Waals surface area (Å²) in [4.78, 5) is 25.7. The highest BCUT2D eigenvalue weighted by Gasteiger charge is 2.37. The standard InChI is InChI=1S/C27H39N8O5P.C10H13F3.C2H6/c1-5-18-7-11-20(12-8-18)40-41(33-17(4)26(36)37-6-2)38-14-21-13-16(3)25(39-21)34-15-30-22-23(34)31-27(28)32-24(22)35(29)19-9-10-19;1-4-6-7-9(8(3)5-2)10(11,12)13;1-2/h7-8,11-12,15-17,19,21,25,33H,5-6,9-10,13-14,29H2,1-4H3,(H2,28,31,32);4,6-7H,1,5H2,2-3H3;1-2H3/b;7-6-,9-8+;. The number of benzene rings is 1. The fourth-order valence-electron chi connectivity index (χ4n) is 5.61. The first kappa shape index (κ1) is 46.3. The molecule has 2 fully saturated rings. The number of hydrogen-bond donors (Lipinski definition) is 3. The molecule has 0 amide bonds. The molecule has 1 aromatic carbocycles. The molecule has 56 heavy (non-hydrogen) atoms. The molecule has 5 rings (SSSR count). The van der Waals surface area contributed by atoms with Gasteiger partial charge >= 0.3 is 20.7 Å². The van der Waals surface area contributed by atoms with Crippen LogP contribution in [0.15, 0.2) is 66.5 Å². The van der Waals surface area contributed by atoms with E-state index < -0.39 is 26.3 Å². The van der Waals surface area contributed by atoms with Crippen molar-refractivity contribution in [2.45, 2.75) is 118 Å². The highest BCUT2D eigenvalue weighted by molar-refractivity contribution is 7.45. The molecule has 310 valence electrons. The van der Waals surface area contributed by atoms with E-state index in [4.69, 9.17) is 30.1 Å². The summed E-state index contributed by atoms with van der Waals surface area (Å²) in [5, 5.41) is 4.78. The van der Waals surface area contributed by atoms with Crippen molar-refractivity contribution in [3.05, 3.63) is 72.1 Å². The summed E-state index contributed by atoms with van der Waals surface area (Å²) in [5.41, 5.74) is 8.19. The number of aryl methyl sites for hydroxylation is 1. The number of halogens is 3. The van der Waals surface area contributed by atoms with E-state index in [0.29, 0.717) is 41.3 Å². The number of nitrogens with one attached hydrogen (secondary N) is 1. The van der Waals surface area contributed by atoms with Crippen molar-refractivity contribution < 1.29 is 36.5 Å². The fraction of sp³-hybridized carbons (Fsp3) is 0.538. The van der Waals surface area contributed by atoms with E-state index in [1.54, 1.807) is 32.1 Å². The maximum Gasteiger partial charge on any atom is 0.416 e. The Kier molecular flexibility index (Phi) is 18.2. The minimum absolute atomic E-state index is 0.132. The van der Waals surface area contributed by atoms with E-state index in [2.05, 4.69) is 40.5 Å². The number of hydrogen-bond acceptors (Lipinski definition) is 12. The number of nitrogen functional groups attached to an aromatic ring is 1. The molecule has 17 heteroatoms. The van der Waals surface area contributed by atoms with Gasteiger partial charge in [0, 0.05) is 12.0 Å². The van der Waals surface area contributed by atoms with Crippen LogP contribution in [0.1, 0.15) is 92.9 Å². The maximum atomic E-state index is 12.3. The summed E-state index contributed by atoms with van der Waals surface area (Å²) in [5.74, 6) is 7.37. The van der Waals surface area contributed by atoms with E-state index in [9.17, 15) is 18.0 Å². The number of aromatic nitrogens is 4. The van der Waals surface area contributed by atoms with Crippen molar-refractivity contribution in [3.63, 3.8) is 0 Å². The summed E-state index contributed by atoms with van der Waals surface area (Å²) in [6.07, 6.45) is 4.64. The van der Waals surface area contributed by atoms with Crippen LogP contribution in [-0.4, -0.2) is 63.1 Å². The van der Waals surface area contributed by atoms with Gasteiger partial charge in [0.2, 0.25) is 5.95 Å². The second-order valence-corrected chi connectivity index (χ2v) is 14.3. The first-order valence-corrected chi connectivity index (χ1v) is 20.3. The zero-order valence-corrected chi connectivity index (χ0v) is 34.6. The molecule has 1 saturated heterocycles. The average molecular weight is 807 g/mol. The number of allylic oxidation sites excluding steroid dienone is 5. The molecule has 5 unspecified atom stereocenters. The monoisotopic (exact) mass is 806 g/mol. The Morgan fingerprint density at radius 1 is 1.20 bits per heavy atom. The quantitative estimate of drug-likeness (QED) is 0.0416. The smallest absolute Gasteiger partial charge is 0.416 e. The molecule has 5 atom stereocenters. The third-order valence-corrected chi connectivity index (χ3v) is 10.2. The van der Waals surface area contributed by atoms with Crippen molar-refractivity contribution >= 4 is 37.4 Å². The lowest BCUT2D eigenvalue weighted by Crippen LogP contribution is -2.34. The van der Waals surface area contributed by atoms with E-state index >= 15 is 0 Å². The first-order chi connectivity index (χ1) is 26.7. The minimum atomic E-state index is -4.26. The second kappa shape index (κ2) is 22.0. The van der Waals surface area contributed by atoms with Crippen molar-refractivity contribution in [1.82, 2.24) is 24.6 Å². The van der Waals surface area contributed by atoms with Crippen molar-refractivity contribution in [3.8, 4) is 5.75 Å². The van der Waals surface area contributed by atoms with Gasteiger partial charge < -0.3 is 24.3 Å². The molecule has 0 spiro atoms. The zero-order chi connectivity index (χ0) is 41.6. The van der Waals surface area contributed by atoms with Gasteiger partial charge in [0.1, 0.15) is 18.0 Å². The average Bonchev–Trinajstić information content (AvgIpc) is 3.85. The third-order valence-electron chi connectivity index (χ3n) is 8.86. The van der Waals surface area contributed by atoms with Gasteiger partial charge in [-0.15, -0.1) is 0 Å². The molecule has 0 radical (unpaired) electrons. The normalized spacial score (nSPS) is 19.6. The van der Waals surface area contributed by atoms with Crippen molar-refractivity contribution in [2.75, 3.05) is 24.0 Å². The lowest BCUT2D eigenvalue weighted by Gasteiger charge is -2.23. The lowest BCUT2D eigenvalue weighted by molar-refractivity contribution is -0.144. The molecule has 3 heterocycles. The van der Waals surface area contributed by atoms with Crippen LogP contribution in [0.5, 0.6) is 5.75 Å². The van der Waals surface area contributed by atoms with Crippen LogP contribution < -0.4 is 26.2 Å². The number of carbonyl (C=O) groups is 1. The molecule has 1 saturated carbocycles. The SMILES string of the molecule is C=C/C=C\C(=C(\C)CC)C(F)(F)F.CC.CCOC(=O)C(C)NP(OCC1CC(C)C(n2cnc3c(N(N)C4CC4)nc(N)nc32)O1)Oc1ccc(CC)cc1. The molecular formula is C39H58F3N8O5P. The van der Waals surface area contributed by atoms with Gasteiger partial charge in [-0.25, -0.2) is 15.9 Å². The Labute approximate surface area is 329 Å². The van der Waals surface area contributed by atoms with Crippen LogP contribution in [0.2, 0.25) is 0 Å². The van der Waals surface area contributed by atoms with Gasteiger partial charge in [0.25, 0.3) is 0 Å². The van der Waals surface area contributed by atoms with Crippen molar-refractivity contribution in [1.29, 1.82) is 0 Å². The van der Waals surface area contributed by atoms with Crippen LogP contribution in [0.3, 0.4) is 0 Å². The molecule has 2 aromatic heterocycles. The van der Waals surface area contributed by atoms with Gasteiger partial charge in [-0.05, 0) is 70.6 Å². The van der Waals surface area contributed by atoms with E-state index in [1.807, 2.05) is 42.7 Å². The van der Waals surface area contributed by atoms with Crippen LogP contribution >= 0.6 is 8.53 Å². The van der Waals surface area contributed by atoms with Crippen LogP contribution in [0.25, 0.3) is 11.2 Å². The Balaban J connectivity index is 0.000000478. The molecule has 1 aliphatic carbocycles. The highest BCUT2D eigenvalue weighted by atomic mass is 31.2. The number of nitrogens with two attached hydrogens (primary N) is 2. The number of hydrazine groups is 1. The molecular weight excluding hydrogens is 748 g/mol. The molecule has 3 aromatic rings. The number of carbonyl (C=O) groups excluding carboxylic acids is 1. The molecule has 13 nitrogen and oxygen atoms in total. The largest absolute Gasteiger partial charge is 0.465 e. The summed E-state index contributed by atoms with van der Waals surface area (Å²) < 4.78 is 62.8. The fourth-order valence-corrected chi connectivity index (χ4v) is 6.83. The first-order valence-electron chi connectivity index (χ1n) is 19.1. The number of esters is 1. The number of ether oxygens (including phenoxy) is 2. The van der Waals surface area contributed by atoms with E-state index in [-0.39, 0.29) is 42.8 Å². The zero-order valence-electron chi connectivity index (χ0n) is 33.7. The summed E-state index contributed by atoms with van der Waals surface area (Å²) in [6, 6.07) is 7.45. The number of imidazole rings is 1. The van der Waals surface area contributed by atoms with Crippen LogP contribution in [0.4, 0.5) is 24.9 Å². The Bertz CT molecular complexity index is 1770. The maximum absolute atomic E-state index is 12.3. The second-order valence-electron chi connectivity index (χ2n) is 13.1. The van der Waals surface area contributed by atoms with Gasteiger partial charge in [0.05, 0.1) is 31.2 Å². The highest BCUT2D eigenvalue weighted by Crippen LogP contribution is 2.41. The summed E-state index contributed by atoms with van der Waals surface area (Å²) in [7, 11) is -1.67. The van der Waals surface area contributed by atoms with Crippen molar-refractivity contribution in [2.24, 2.45) is 11.8 Å². The Hall–Kier alpha value is -4.08. The molecule has 2 aliphatic rings. The number of nitrogens with zero attached hydrogens (tertiary/aromatic N) is 5. The number of rotatable bonds is 16. The van der Waals surface area contributed by atoms with E-state index in [1.165, 1.54) is 24.6 Å². The topological polar surface area (TPSA) is 165 Å². The van der Waals surface area contributed by atoms with Crippen LogP contribution in [-0.2, 0) is 25.2 Å². The summed E-state index contributed by atoms with van der Waals surface area (Å²) >= 11 is 0. The number of anilines is 2. The predicted octanol–water partition coefficient (Wildman–Crippen LogP) is 8.64. The number of fused-ring (bicyclic) bond motifs is 1. The molecule has 0 bridgehead atoms. The Morgan fingerprint density at radius 2 is 1.88 bits per heavy atom. The predicted molar refractivity (Wildman–Crippen MR) is 215 cm³/mol. The lowest BCUT2D eigenvalue weighted by atomic mass is 10.1. The van der Waals surface area contributed by atoms with Gasteiger partial charge in [-0.3, -0.25) is 14.4 Å². The minimum Gasteiger partial charge on any atom is -0.465 e. The summed E-state index contributed by atoms with van der Waals surface area (Å²) in [6.45, 7) is 18.8. The number of alkyl halides is 3. The molecule has 5 N–H and O–H groups in total. The third kappa shape index (κ3) is 13.0. The van der Waals surface area contributed by atoms with Gasteiger partial charge in [0.15, 0.2) is 17.0 Å². The van der Waals surface area contributed by atoms with Gasteiger partial charge in [-0.1, -0.05) is 77.1 Å². The Morgan fingerprint density at radius 3 is 2.45 bits per heavy atom. The van der Waals surface area contributed by atoms with Crippen LogP contribution in [0, 0.1) is 5.92 Å². The van der Waals surface area contributed by atoms with Gasteiger partial charge in [-0.2, -0.15) is 23.1 Å². The molecule has 1 aliphatic heterocycles.